The lowest BCUT2D eigenvalue weighted by atomic mass is 10.2. The van der Waals surface area contributed by atoms with Gasteiger partial charge in [0.25, 0.3) is 10.0 Å². The maximum Gasteiger partial charge on any atom is 0.261 e. The maximum absolute atomic E-state index is 12.4. The molecule has 2 aromatic carbocycles. The first kappa shape index (κ1) is 18.7. The first-order valence-corrected chi connectivity index (χ1v) is 9.83. The van der Waals surface area contributed by atoms with E-state index in [0.717, 1.165) is 16.8 Å². The molecule has 0 saturated heterocycles. The topological polar surface area (TPSA) is 80.3 Å². The summed E-state index contributed by atoms with van der Waals surface area (Å²) >= 11 is 0. The van der Waals surface area contributed by atoms with Crippen molar-refractivity contribution in [2.45, 2.75) is 18.7 Å². The molecule has 0 radical (unpaired) electrons. The number of aryl methyl sites for hydroxylation is 2. The summed E-state index contributed by atoms with van der Waals surface area (Å²) in [6.45, 7) is 3.89. The number of nitrogens with one attached hydrogen (secondary N) is 2. The quantitative estimate of drug-likeness (QED) is 0.665. The Balaban J connectivity index is 1.76. The smallest absolute Gasteiger partial charge is 0.261 e. The van der Waals surface area contributed by atoms with Crippen LogP contribution in [0.15, 0.2) is 65.7 Å². The predicted octanol–water partition coefficient (Wildman–Crippen LogP) is 4.25. The second-order valence-corrected chi connectivity index (χ2v) is 7.86. The van der Waals surface area contributed by atoms with Gasteiger partial charge >= 0.3 is 0 Å². The fourth-order valence-electron chi connectivity index (χ4n) is 2.52. The lowest BCUT2D eigenvalue weighted by molar-refractivity contribution is 0.416. The Morgan fingerprint density at radius 3 is 2.26 bits per heavy atom. The molecule has 2 N–H and O–H groups in total. The van der Waals surface area contributed by atoms with E-state index in [1.807, 2.05) is 32.0 Å². The number of hydrogen-bond donors (Lipinski definition) is 2. The van der Waals surface area contributed by atoms with E-state index in [9.17, 15) is 8.42 Å². The van der Waals surface area contributed by atoms with Crippen LogP contribution in [0.5, 0.6) is 5.75 Å². The number of aromatic nitrogens is 1. The SMILES string of the molecule is COc1ccc(C)cc1Nc1ccc(NS(=O)(=O)c2ccc(C)cc2)cn1. The molecule has 6 nitrogen and oxygen atoms in total. The van der Waals surface area contributed by atoms with Gasteiger partial charge in [0, 0.05) is 0 Å². The van der Waals surface area contributed by atoms with Gasteiger partial charge in [0.05, 0.1) is 29.6 Å². The highest BCUT2D eigenvalue weighted by atomic mass is 32.2. The summed E-state index contributed by atoms with van der Waals surface area (Å²) in [7, 11) is -2.05. The first-order valence-electron chi connectivity index (χ1n) is 8.34. The Morgan fingerprint density at radius 2 is 1.63 bits per heavy atom. The van der Waals surface area contributed by atoms with Crippen molar-refractivity contribution in [2.24, 2.45) is 0 Å². The van der Waals surface area contributed by atoms with Crippen LogP contribution in [0.2, 0.25) is 0 Å². The summed E-state index contributed by atoms with van der Waals surface area (Å²) < 4.78 is 32.7. The van der Waals surface area contributed by atoms with Crippen LogP contribution in [0.1, 0.15) is 11.1 Å². The van der Waals surface area contributed by atoms with Gasteiger partial charge in [0.1, 0.15) is 11.6 Å². The van der Waals surface area contributed by atoms with Crippen molar-refractivity contribution in [1.82, 2.24) is 4.98 Å². The van der Waals surface area contributed by atoms with Gasteiger partial charge in [-0.1, -0.05) is 23.8 Å². The number of methoxy groups -OCH3 is 1. The average Bonchev–Trinajstić information content (AvgIpc) is 2.64. The van der Waals surface area contributed by atoms with Crippen molar-refractivity contribution >= 4 is 27.2 Å². The summed E-state index contributed by atoms with van der Waals surface area (Å²) in [6, 6.07) is 15.8. The minimum Gasteiger partial charge on any atom is -0.495 e. The molecule has 1 heterocycles. The predicted molar refractivity (Wildman–Crippen MR) is 107 cm³/mol. The highest BCUT2D eigenvalue weighted by Crippen LogP contribution is 2.28. The monoisotopic (exact) mass is 383 g/mol. The third kappa shape index (κ3) is 4.57. The van der Waals surface area contributed by atoms with E-state index < -0.39 is 10.0 Å². The minimum absolute atomic E-state index is 0.208. The van der Waals surface area contributed by atoms with Gasteiger partial charge in [-0.2, -0.15) is 0 Å². The molecule has 1 aromatic heterocycles. The van der Waals surface area contributed by atoms with E-state index in [-0.39, 0.29) is 4.90 Å². The lowest BCUT2D eigenvalue weighted by Gasteiger charge is -2.12. The molecule has 0 saturated carbocycles. The van der Waals surface area contributed by atoms with E-state index in [0.29, 0.717) is 17.3 Å². The number of hydrogen-bond acceptors (Lipinski definition) is 5. The number of sulfonamides is 1. The molecular weight excluding hydrogens is 362 g/mol. The average molecular weight is 383 g/mol. The van der Waals surface area contributed by atoms with Crippen LogP contribution in [0, 0.1) is 13.8 Å². The molecule has 0 spiro atoms. The van der Waals surface area contributed by atoms with Gasteiger partial charge in [-0.15, -0.1) is 0 Å². The fourth-order valence-corrected chi connectivity index (χ4v) is 3.56. The molecule has 27 heavy (non-hydrogen) atoms. The lowest BCUT2D eigenvalue weighted by Crippen LogP contribution is -2.13. The third-order valence-corrected chi connectivity index (χ3v) is 5.36. The van der Waals surface area contributed by atoms with Gasteiger partial charge in [-0.25, -0.2) is 13.4 Å². The Morgan fingerprint density at radius 1 is 0.926 bits per heavy atom. The standard InChI is InChI=1S/C20H21N3O3S/c1-14-4-8-17(9-5-14)27(24,25)23-16-7-11-20(21-13-16)22-18-12-15(2)6-10-19(18)26-3/h4-13,23H,1-3H3,(H,21,22). The molecule has 0 fully saturated rings. The molecule has 0 aliphatic carbocycles. The summed E-state index contributed by atoms with van der Waals surface area (Å²) in [5, 5.41) is 3.18. The molecule has 140 valence electrons. The van der Waals surface area contributed by atoms with E-state index in [4.69, 9.17) is 4.74 Å². The number of pyridine rings is 1. The second kappa shape index (κ2) is 7.67. The van der Waals surface area contributed by atoms with Crippen molar-refractivity contribution < 1.29 is 13.2 Å². The largest absolute Gasteiger partial charge is 0.495 e. The van der Waals surface area contributed by atoms with Crippen LogP contribution < -0.4 is 14.8 Å². The zero-order chi connectivity index (χ0) is 19.4. The molecule has 0 bridgehead atoms. The Hall–Kier alpha value is -3.06. The van der Waals surface area contributed by atoms with Crippen LogP contribution in [0.4, 0.5) is 17.2 Å². The summed E-state index contributed by atoms with van der Waals surface area (Å²) in [5.74, 6) is 1.28. The van der Waals surface area contributed by atoms with Gasteiger partial charge in [0.2, 0.25) is 0 Å². The molecule has 3 rings (SSSR count). The molecule has 0 aliphatic rings. The van der Waals surface area contributed by atoms with Crippen molar-refractivity contribution in [3.63, 3.8) is 0 Å². The van der Waals surface area contributed by atoms with Crippen molar-refractivity contribution in [1.29, 1.82) is 0 Å². The third-order valence-electron chi connectivity index (χ3n) is 3.96. The first-order chi connectivity index (χ1) is 12.9. The van der Waals surface area contributed by atoms with Crippen LogP contribution in [-0.4, -0.2) is 20.5 Å². The normalized spacial score (nSPS) is 11.1. The van der Waals surface area contributed by atoms with Crippen LogP contribution in [-0.2, 0) is 10.0 Å². The number of nitrogens with zero attached hydrogens (tertiary/aromatic N) is 1. The highest BCUT2D eigenvalue weighted by Gasteiger charge is 2.14. The van der Waals surface area contributed by atoms with E-state index in [1.165, 1.54) is 6.20 Å². The minimum atomic E-state index is -3.65. The molecule has 7 heteroatoms. The zero-order valence-electron chi connectivity index (χ0n) is 15.4. The van der Waals surface area contributed by atoms with Gasteiger partial charge < -0.3 is 10.1 Å². The zero-order valence-corrected chi connectivity index (χ0v) is 16.2. The maximum atomic E-state index is 12.4. The second-order valence-electron chi connectivity index (χ2n) is 6.18. The number of rotatable bonds is 6. The number of ether oxygens (including phenoxy) is 1. The van der Waals surface area contributed by atoms with Gasteiger partial charge in [-0.05, 0) is 55.8 Å². The van der Waals surface area contributed by atoms with E-state index in [1.54, 1.807) is 43.5 Å². The van der Waals surface area contributed by atoms with Crippen LogP contribution >= 0.6 is 0 Å². The Labute approximate surface area is 159 Å². The molecular formula is C20H21N3O3S. The highest BCUT2D eigenvalue weighted by molar-refractivity contribution is 7.92. The van der Waals surface area contributed by atoms with Crippen molar-refractivity contribution in [2.75, 3.05) is 17.1 Å². The Bertz CT molecular complexity index is 1030. The number of anilines is 3. The van der Waals surface area contributed by atoms with Crippen molar-refractivity contribution in [3.05, 3.63) is 71.9 Å². The van der Waals surface area contributed by atoms with E-state index >= 15 is 0 Å². The summed E-state index contributed by atoms with van der Waals surface area (Å²) in [6.07, 6.45) is 1.47. The molecule has 0 aliphatic heterocycles. The molecule has 0 amide bonds. The summed E-state index contributed by atoms with van der Waals surface area (Å²) in [4.78, 5) is 4.49. The van der Waals surface area contributed by atoms with Gasteiger partial charge in [0.15, 0.2) is 0 Å². The summed E-state index contributed by atoms with van der Waals surface area (Å²) in [5.41, 5.74) is 3.26. The fraction of sp³-hybridized carbons (Fsp3) is 0.150. The van der Waals surface area contributed by atoms with E-state index in [2.05, 4.69) is 15.0 Å². The number of benzene rings is 2. The van der Waals surface area contributed by atoms with Crippen LogP contribution in [0.3, 0.4) is 0 Å². The molecule has 3 aromatic rings. The van der Waals surface area contributed by atoms with Crippen molar-refractivity contribution in [3.8, 4) is 5.75 Å². The van der Waals surface area contributed by atoms with Crippen LogP contribution in [0.25, 0.3) is 0 Å². The van der Waals surface area contributed by atoms with Gasteiger partial charge in [-0.3, -0.25) is 4.72 Å². The molecule has 0 unspecified atom stereocenters. The molecule has 0 atom stereocenters. The Kier molecular flexibility index (Phi) is 5.32.